The highest BCUT2D eigenvalue weighted by Gasteiger charge is 2.38. The molecular weight excluding hydrogens is 372 g/mol. The Morgan fingerprint density at radius 2 is 1.93 bits per heavy atom. The Morgan fingerprint density at radius 1 is 1.30 bits per heavy atom. The second kappa shape index (κ2) is 8.46. The predicted molar refractivity (Wildman–Crippen MR) is 105 cm³/mol. The van der Waals surface area contributed by atoms with Gasteiger partial charge in [0, 0.05) is 34.0 Å². The number of rotatable bonds is 3. The monoisotopic (exact) mass is 399 g/mol. The summed E-state index contributed by atoms with van der Waals surface area (Å²) in [6.45, 7) is 7.40. The fraction of sp³-hybridized carbons (Fsp3) is 0.579. The predicted octanol–water partition coefficient (Wildman–Crippen LogP) is 3.67. The zero-order valence-corrected chi connectivity index (χ0v) is 17.0. The molecule has 1 aromatic carbocycles. The van der Waals surface area contributed by atoms with Gasteiger partial charge in [-0.15, -0.1) is 0 Å². The molecule has 1 aliphatic carbocycles. The number of carbonyl (C=O) groups excluding carboxylic acids is 1. The number of anilines is 1. The van der Waals surface area contributed by atoms with Crippen LogP contribution >= 0.6 is 0 Å². The molecule has 3 N–H and O–H groups in total. The molecule has 0 radical (unpaired) electrons. The molecule has 1 heterocycles. The number of carbonyl (C=O) groups is 1. The zero-order valence-electron chi connectivity index (χ0n) is 16.1. The van der Waals surface area contributed by atoms with Crippen molar-refractivity contribution in [2.24, 2.45) is 16.6 Å². The molecule has 2 atom stereocenters. The van der Waals surface area contributed by atoms with Crippen molar-refractivity contribution in [3.8, 4) is 0 Å². The summed E-state index contributed by atoms with van der Waals surface area (Å²) in [5.74, 6) is -2.21. The van der Waals surface area contributed by atoms with Gasteiger partial charge in [-0.3, -0.25) is 14.0 Å². The van der Waals surface area contributed by atoms with Gasteiger partial charge in [0.05, 0.1) is 16.5 Å². The SMILES string of the molecule is CC.CC1(C)C(N)=NC(c2cc(NC(=O)C3CCC3)cc(F)c2F)CS1=O. The van der Waals surface area contributed by atoms with Gasteiger partial charge in [0.15, 0.2) is 11.6 Å². The van der Waals surface area contributed by atoms with E-state index < -0.39 is 33.2 Å². The van der Waals surface area contributed by atoms with E-state index in [2.05, 4.69) is 10.3 Å². The summed E-state index contributed by atoms with van der Waals surface area (Å²) in [5.41, 5.74) is 6.00. The molecule has 1 aromatic rings. The first kappa shape index (κ1) is 21.5. The molecule has 2 unspecified atom stereocenters. The smallest absolute Gasteiger partial charge is 0.227 e. The second-order valence-electron chi connectivity index (χ2n) is 7.03. The first-order valence-corrected chi connectivity index (χ1v) is 10.5. The summed E-state index contributed by atoms with van der Waals surface area (Å²) in [7, 11) is -1.38. The number of aliphatic imine (C=N–C) groups is 1. The Balaban J connectivity index is 0.00000126. The van der Waals surface area contributed by atoms with Gasteiger partial charge in [0.2, 0.25) is 5.91 Å². The van der Waals surface area contributed by atoms with Gasteiger partial charge in [0.25, 0.3) is 0 Å². The van der Waals surface area contributed by atoms with E-state index in [0.717, 1.165) is 25.3 Å². The molecule has 0 aromatic heterocycles. The van der Waals surface area contributed by atoms with E-state index in [4.69, 9.17) is 5.73 Å². The minimum Gasteiger partial charge on any atom is -0.386 e. The minimum atomic E-state index is -1.38. The van der Waals surface area contributed by atoms with Crippen molar-refractivity contribution in [3.63, 3.8) is 0 Å². The highest BCUT2D eigenvalue weighted by molar-refractivity contribution is 7.87. The quantitative estimate of drug-likeness (QED) is 0.813. The fourth-order valence-corrected chi connectivity index (χ4v) is 4.07. The second-order valence-corrected chi connectivity index (χ2v) is 9.08. The summed E-state index contributed by atoms with van der Waals surface area (Å²) in [6, 6.07) is 1.46. The highest BCUT2D eigenvalue weighted by atomic mass is 32.2. The molecule has 1 fully saturated rings. The third-order valence-corrected chi connectivity index (χ3v) is 6.92. The van der Waals surface area contributed by atoms with Crippen LogP contribution in [0.15, 0.2) is 17.1 Å². The molecule has 27 heavy (non-hydrogen) atoms. The number of hydrogen-bond acceptors (Lipinski definition) is 4. The van der Waals surface area contributed by atoms with E-state index in [1.165, 1.54) is 6.07 Å². The number of halogens is 2. The Morgan fingerprint density at radius 3 is 2.44 bits per heavy atom. The molecule has 8 heteroatoms. The normalized spacial score (nSPS) is 24.1. The number of amides is 1. The molecule has 1 amide bonds. The maximum atomic E-state index is 14.3. The van der Waals surface area contributed by atoms with Gasteiger partial charge in [-0.2, -0.15) is 0 Å². The summed E-state index contributed by atoms with van der Waals surface area (Å²) in [4.78, 5) is 16.3. The number of amidine groups is 1. The van der Waals surface area contributed by atoms with Crippen LogP contribution in [0.2, 0.25) is 0 Å². The van der Waals surface area contributed by atoms with Gasteiger partial charge >= 0.3 is 0 Å². The number of nitrogens with one attached hydrogen (secondary N) is 1. The molecule has 1 saturated carbocycles. The zero-order chi connectivity index (χ0) is 20.4. The molecule has 2 aliphatic rings. The number of hydrogen-bond donors (Lipinski definition) is 2. The van der Waals surface area contributed by atoms with Crippen molar-refractivity contribution < 1.29 is 17.8 Å². The van der Waals surface area contributed by atoms with Crippen LogP contribution < -0.4 is 11.1 Å². The lowest BCUT2D eigenvalue weighted by atomic mass is 9.85. The summed E-state index contributed by atoms with van der Waals surface area (Å²) in [6.07, 6.45) is 2.61. The Hall–Kier alpha value is -1.83. The van der Waals surface area contributed by atoms with E-state index >= 15 is 0 Å². The molecular formula is C19H27F2N3O2S. The minimum absolute atomic E-state index is 0.0456. The number of nitrogens with two attached hydrogens (primary N) is 1. The van der Waals surface area contributed by atoms with Crippen molar-refractivity contribution >= 4 is 28.2 Å². The van der Waals surface area contributed by atoms with E-state index in [1.54, 1.807) is 13.8 Å². The third kappa shape index (κ3) is 4.36. The van der Waals surface area contributed by atoms with Crippen molar-refractivity contribution in [1.29, 1.82) is 0 Å². The average molecular weight is 400 g/mol. The molecule has 5 nitrogen and oxygen atoms in total. The van der Waals surface area contributed by atoms with Crippen LogP contribution in [-0.2, 0) is 15.6 Å². The summed E-state index contributed by atoms with van der Waals surface area (Å²) in [5, 5.41) is 2.63. The van der Waals surface area contributed by atoms with Crippen LogP contribution in [0.25, 0.3) is 0 Å². The van der Waals surface area contributed by atoms with E-state index in [0.29, 0.717) is 0 Å². The van der Waals surface area contributed by atoms with Crippen LogP contribution in [0.5, 0.6) is 0 Å². The Kier molecular flexibility index (Phi) is 6.72. The maximum absolute atomic E-state index is 14.3. The standard InChI is InChI=1S/C17H21F2N3O2S.C2H6/c1-17(2)16(20)22-13(8-25(17)24)11-6-10(7-12(18)14(11)19)21-15(23)9-4-3-5-9;1-2/h6-7,9,13H,3-5,8H2,1-2H3,(H2,20,22)(H,21,23);1-2H3. The molecule has 3 rings (SSSR count). The molecule has 150 valence electrons. The van der Waals surface area contributed by atoms with Crippen LogP contribution in [-0.4, -0.2) is 26.5 Å². The maximum Gasteiger partial charge on any atom is 0.227 e. The third-order valence-electron chi connectivity index (χ3n) is 4.95. The Labute approximate surface area is 161 Å². The molecule has 1 aliphatic heterocycles. The molecule has 0 spiro atoms. The van der Waals surface area contributed by atoms with Crippen LogP contribution in [0, 0.1) is 17.6 Å². The van der Waals surface area contributed by atoms with E-state index in [9.17, 15) is 17.8 Å². The lowest BCUT2D eigenvalue weighted by molar-refractivity contribution is -0.122. The summed E-state index contributed by atoms with van der Waals surface area (Å²) < 4.78 is 39.9. The van der Waals surface area contributed by atoms with Crippen molar-refractivity contribution in [1.82, 2.24) is 0 Å². The highest BCUT2D eigenvalue weighted by Crippen LogP contribution is 2.34. The summed E-state index contributed by atoms with van der Waals surface area (Å²) >= 11 is 0. The van der Waals surface area contributed by atoms with Crippen LogP contribution in [0.4, 0.5) is 14.5 Å². The lowest BCUT2D eigenvalue weighted by Crippen LogP contribution is -2.47. The average Bonchev–Trinajstić information content (AvgIpc) is 2.56. The van der Waals surface area contributed by atoms with E-state index in [-0.39, 0.29) is 34.7 Å². The fourth-order valence-electron chi connectivity index (χ4n) is 2.83. The number of benzene rings is 1. The lowest BCUT2D eigenvalue weighted by Gasteiger charge is -2.31. The molecule has 0 saturated heterocycles. The topological polar surface area (TPSA) is 84.5 Å². The Bertz CT molecular complexity index is 776. The molecule has 0 bridgehead atoms. The first-order chi connectivity index (χ1) is 12.7. The van der Waals surface area contributed by atoms with Gasteiger partial charge in [-0.25, -0.2) is 8.78 Å². The van der Waals surface area contributed by atoms with Gasteiger partial charge in [0.1, 0.15) is 5.84 Å². The van der Waals surface area contributed by atoms with Crippen LogP contribution in [0.1, 0.15) is 58.6 Å². The van der Waals surface area contributed by atoms with Crippen molar-refractivity contribution in [2.75, 3.05) is 11.1 Å². The van der Waals surface area contributed by atoms with Crippen molar-refractivity contribution in [2.45, 2.75) is 57.7 Å². The van der Waals surface area contributed by atoms with Gasteiger partial charge in [-0.05, 0) is 32.8 Å². The van der Waals surface area contributed by atoms with Crippen molar-refractivity contribution in [3.05, 3.63) is 29.3 Å². The van der Waals surface area contributed by atoms with Gasteiger partial charge in [-0.1, -0.05) is 20.3 Å². The van der Waals surface area contributed by atoms with E-state index in [1.807, 2.05) is 13.8 Å². The first-order valence-electron chi connectivity index (χ1n) is 9.22. The number of nitrogens with zero attached hydrogens (tertiary/aromatic N) is 1. The van der Waals surface area contributed by atoms with Gasteiger partial charge < -0.3 is 11.1 Å². The van der Waals surface area contributed by atoms with Crippen LogP contribution in [0.3, 0.4) is 0 Å². The largest absolute Gasteiger partial charge is 0.386 e.